The summed E-state index contributed by atoms with van der Waals surface area (Å²) in [5.74, 6) is 0.455. The highest BCUT2D eigenvalue weighted by Crippen LogP contribution is 2.36. The fraction of sp³-hybridized carbons (Fsp3) is 0.333. The molecule has 10 nitrogen and oxygen atoms in total. The minimum absolute atomic E-state index is 0.0767. The quantitative estimate of drug-likeness (QED) is 0.356. The van der Waals surface area contributed by atoms with Gasteiger partial charge in [0.25, 0.3) is 11.8 Å². The first-order valence-electron chi connectivity index (χ1n) is 14.7. The molecule has 11 heteroatoms. The lowest BCUT2D eigenvalue weighted by atomic mass is 9.94. The van der Waals surface area contributed by atoms with E-state index in [0.717, 1.165) is 15.6 Å². The predicted molar refractivity (Wildman–Crippen MR) is 167 cm³/mol. The number of aromatic nitrogens is 1. The number of hydrogen-bond acceptors (Lipinski definition) is 8. The molecule has 1 saturated heterocycles. The second-order valence-electron chi connectivity index (χ2n) is 10.8. The molecule has 2 aliphatic heterocycles. The average molecular weight is 615 g/mol. The van der Waals surface area contributed by atoms with E-state index in [2.05, 4.69) is 10.3 Å². The molecule has 2 atom stereocenters. The van der Waals surface area contributed by atoms with Crippen LogP contribution in [-0.2, 0) is 4.79 Å². The Hall–Kier alpha value is -4.64. The Kier molecular flexibility index (Phi) is 8.65. The summed E-state index contributed by atoms with van der Waals surface area (Å²) in [5.41, 5.74) is 1.88. The zero-order valence-electron chi connectivity index (χ0n) is 24.7. The summed E-state index contributed by atoms with van der Waals surface area (Å²) < 4.78 is 18.4. The number of carbonyl (C=O) groups is 3. The molecule has 1 N–H and O–H groups in total. The number of carbonyl (C=O) groups excluding carboxylic acids is 3. The summed E-state index contributed by atoms with van der Waals surface area (Å²) in [6.07, 6.45) is 2.05. The van der Waals surface area contributed by atoms with Crippen LogP contribution in [-0.4, -0.2) is 85.0 Å². The molecule has 2 aliphatic rings. The first-order valence-corrected chi connectivity index (χ1v) is 15.6. The van der Waals surface area contributed by atoms with Crippen LogP contribution in [0.2, 0.25) is 0 Å². The monoisotopic (exact) mass is 614 g/mol. The van der Waals surface area contributed by atoms with Crippen LogP contribution < -0.4 is 19.5 Å². The van der Waals surface area contributed by atoms with E-state index < -0.39 is 0 Å². The van der Waals surface area contributed by atoms with Gasteiger partial charge in [-0.1, -0.05) is 24.3 Å². The van der Waals surface area contributed by atoms with Gasteiger partial charge in [0.15, 0.2) is 11.5 Å². The van der Waals surface area contributed by atoms with Gasteiger partial charge in [0.2, 0.25) is 11.8 Å². The minimum atomic E-state index is -0.382. The van der Waals surface area contributed by atoms with E-state index in [4.69, 9.17) is 14.2 Å². The fourth-order valence-electron chi connectivity index (χ4n) is 5.90. The molecule has 2 aromatic carbocycles. The number of methoxy groups -OCH3 is 1. The van der Waals surface area contributed by atoms with Gasteiger partial charge in [0, 0.05) is 47.2 Å². The number of hydrogen-bond donors (Lipinski definition) is 1. The summed E-state index contributed by atoms with van der Waals surface area (Å²) in [7, 11) is 1.59. The Morgan fingerprint density at radius 2 is 1.91 bits per heavy atom. The maximum Gasteiger partial charge on any atom is 0.259 e. The Bertz CT molecular complexity index is 1690. The third-order valence-electron chi connectivity index (χ3n) is 8.01. The summed E-state index contributed by atoms with van der Waals surface area (Å²) in [6, 6.07) is 16.5. The number of pyridine rings is 1. The van der Waals surface area contributed by atoms with Gasteiger partial charge in [-0.2, -0.15) is 0 Å². The predicted octanol–water partition coefficient (Wildman–Crippen LogP) is 4.35. The lowest BCUT2D eigenvalue weighted by Crippen LogP contribution is -2.47. The lowest BCUT2D eigenvalue weighted by molar-refractivity contribution is -0.122. The topological polar surface area (TPSA) is 110 Å². The third-order valence-corrected chi connectivity index (χ3v) is 8.98. The average Bonchev–Trinajstić information content (AvgIpc) is 3.66. The van der Waals surface area contributed by atoms with Gasteiger partial charge in [-0.05, 0) is 49.2 Å². The Labute approximate surface area is 259 Å². The molecule has 0 saturated carbocycles. The van der Waals surface area contributed by atoms with E-state index >= 15 is 0 Å². The van der Waals surface area contributed by atoms with Crippen molar-refractivity contribution >= 4 is 39.1 Å². The van der Waals surface area contributed by atoms with Gasteiger partial charge in [0.05, 0.1) is 38.5 Å². The number of nitrogens with one attached hydrogen (secondary N) is 1. The SMILES string of the molecule is CCOc1ncccc1C(=O)N1CCCOc2cc(ccc2OC)[C@H]2CN(C(=O)c3csc4ccccc34)C[C@@H]2NC(=O)C1. The maximum atomic E-state index is 13.8. The second-order valence-corrected chi connectivity index (χ2v) is 11.7. The molecule has 228 valence electrons. The van der Waals surface area contributed by atoms with E-state index in [1.54, 1.807) is 41.7 Å². The number of benzene rings is 2. The number of ether oxygens (including phenoxy) is 3. The van der Waals surface area contributed by atoms with Crippen molar-refractivity contribution < 1.29 is 28.6 Å². The van der Waals surface area contributed by atoms with Crippen molar-refractivity contribution in [2.75, 3.05) is 46.5 Å². The van der Waals surface area contributed by atoms with Crippen LogP contribution in [0.25, 0.3) is 10.1 Å². The van der Waals surface area contributed by atoms with Crippen molar-refractivity contribution in [1.82, 2.24) is 20.1 Å². The van der Waals surface area contributed by atoms with E-state index in [9.17, 15) is 14.4 Å². The highest BCUT2D eigenvalue weighted by Gasteiger charge is 2.39. The normalized spacial score (nSPS) is 18.7. The smallest absolute Gasteiger partial charge is 0.259 e. The number of nitrogens with zero attached hydrogens (tertiary/aromatic N) is 3. The van der Waals surface area contributed by atoms with Crippen molar-refractivity contribution in [1.29, 1.82) is 0 Å². The van der Waals surface area contributed by atoms with Crippen LogP contribution in [0.4, 0.5) is 0 Å². The molecule has 44 heavy (non-hydrogen) atoms. The van der Waals surface area contributed by atoms with Gasteiger partial charge in [-0.3, -0.25) is 14.4 Å². The van der Waals surface area contributed by atoms with Crippen LogP contribution in [0.3, 0.4) is 0 Å². The van der Waals surface area contributed by atoms with Crippen molar-refractivity contribution in [2.24, 2.45) is 0 Å². The Balaban J connectivity index is 1.30. The molecule has 2 bridgehead atoms. The van der Waals surface area contributed by atoms with E-state index in [0.29, 0.717) is 55.4 Å². The summed E-state index contributed by atoms with van der Waals surface area (Å²) in [5, 5.41) is 5.98. The van der Waals surface area contributed by atoms with Crippen molar-refractivity contribution in [3.8, 4) is 17.4 Å². The molecule has 2 aromatic heterocycles. The lowest BCUT2D eigenvalue weighted by Gasteiger charge is -2.25. The van der Waals surface area contributed by atoms with Crippen molar-refractivity contribution in [3.63, 3.8) is 0 Å². The number of fused-ring (bicyclic) bond motifs is 5. The molecule has 3 amide bonds. The molecule has 0 aliphatic carbocycles. The van der Waals surface area contributed by atoms with Gasteiger partial charge in [-0.25, -0.2) is 4.98 Å². The molecule has 4 heterocycles. The van der Waals surface area contributed by atoms with E-state index in [1.807, 2.05) is 54.8 Å². The molecule has 0 spiro atoms. The Morgan fingerprint density at radius 3 is 2.75 bits per heavy atom. The fourth-order valence-corrected chi connectivity index (χ4v) is 6.83. The molecule has 0 unspecified atom stereocenters. The minimum Gasteiger partial charge on any atom is -0.493 e. The van der Waals surface area contributed by atoms with Gasteiger partial charge in [0.1, 0.15) is 5.56 Å². The zero-order valence-corrected chi connectivity index (χ0v) is 25.5. The molecule has 6 rings (SSSR count). The largest absolute Gasteiger partial charge is 0.493 e. The van der Waals surface area contributed by atoms with Crippen molar-refractivity contribution in [3.05, 3.63) is 82.9 Å². The summed E-state index contributed by atoms with van der Waals surface area (Å²) in [6.45, 7) is 3.34. The second kappa shape index (κ2) is 12.9. The maximum absolute atomic E-state index is 13.8. The standard InChI is InChI=1S/C33H34N4O6S/c1-3-42-31-23(9-6-13-34-31)32(39)36-14-7-15-43-28-16-21(11-12-27(28)41-2)24-17-37(18-26(24)35-30(38)19-36)33(40)25-20-44-29-10-5-4-8-22(25)29/h4-6,8-13,16,20,24,26H,3,7,14-15,17-19H2,1-2H3,(H,35,38)/t24-,26+/m1/s1. The van der Waals surface area contributed by atoms with Gasteiger partial charge in [-0.15, -0.1) is 11.3 Å². The third kappa shape index (κ3) is 5.92. The van der Waals surface area contributed by atoms with Crippen LogP contribution in [0, 0.1) is 0 Å². The van der Waals surface area contributed by atoms with Crippen LogP contribution in [0.5, 0.6) is 17.4 Å². The summed E-state index contributed by atoms with van der Waals surface area (Å²) >= 11 is 1.54. The molecule has 1 fully saturated rings. The first kappa shape index (κ1) is 29.4. The Morgan fingerprint density at radius 1 is 1.07 bits per heavy atom. The van der Waals surface area contributed by atoms with Gasteiger partial charge < -0.3 is 29.3 Å². The van der Waals surface area contributed by atoms with Crippen molar-refractivity contribution in [2.45, 2.75) is 25.3 Å². The number of amides is 3. The highest BCUT2D eigenvalue weighted by atomic mass is 32.1. The van der Waals surface area contributed by atoms with Crippen LogP contribution >= 0.6 is 11.3 Å². The summed E-state index contributed by atoms with van der Waals surface area (Å²) in [4.78, 5) is 48.6. The first-order chi connectivity index (χ1) is 21.5. The van der Waals surface area contributed by atoms with Crippen LogP contribution in [0.1, 0.15) is 45.5 Å². The number of thiophene rings is 1. The van der Waals surface area contributed by atoms with Gasteiger partial charge >= 0.3 is 0 Å². The zero-order chi connectivity index (χ0) is 30.6. The van der Waals surface area contributed by atoms with Crippen LogP contribution in [0.15, 0.2) is 66.2 Å². The highest BCUT2D eigenvalue weighted by molar-refractivity contribution is 7.17. The molecular formula is C33H34N4O6S. The molecular weight excluding hydrogens is 580 g/mol. The molecule has 4 aromatic rings. The number of likely N-dealkylation sites (tertiary alicyclic amines) is 1. The van der Waals surface area contributed by atoms with E-state index in [1.165, 1.54) is 4.90 Å². The van der Waals surface area contributed by atoms with E-state index in [-0.39, 0.29) is 48.7 Å². The number of rotatable bonds is 5. The molecule has 0 radical (unpaired) electrons.